The molecule has 0 saturated carbocycles. The molecule has 0 radical (unpaired) electrons. The maximum Gasteiger partial charge on any atom is 0.416 e. The number of benzene rings is 2. The number of anilines is 1. The third-order valence-corrected chi connectivity index (χ3v) is 5.27. The van der Waals surface area contributed by atoms with Crippen molar-refractivity contribution in [2.24, 2.45) is 0 Å². The molecule has 4 rings (SSSR count). The first-order chi connectivity index (χ1) is 16.7. The fraction of sp³-hybridized carbons (Fsp3) is 0.160. The van der Waals surface area contributed by atoms with Gasteiger partial charge in [0.1, 0.15) is 11.3 Å². The lowest BCUT2D eigenvalue weighted by Gasteiger charge is -2.11. The number of carbonyl (C=O) groups is 2. The van der Waals surface area contributed by atoms with Crippen LogP contribution >= 0.6 is 0 Å². The zero-order chi connectivity index (χ0) is 25.0. The van der Waals surface area contributed by atoms with Crippen molar-refractivity contribution in [1.29, 1.82) is 0 Å². The Morgan fingerprint density at radius 2 is 1.74 bits per heavy atom. The normalized spacial score (nSPS) is 11.3. The number of nitrogens with zero attached hydrogens (tertiary/aromatic N) is 1. The number of methoxy groups -OCH3 is 1. The highest BCUT2D eigenvalue weighted by Crippen LogP contribution is 2.29. The quantitative estimate of drug-likeness (QED) is 0.325. The average Bonchev–Trinajstić information content (AvgIpc) is 3.29. The van der Waals surface area contributed by atoms with E-state index >= 15 is 0 Å². The molecule has 0 fully saturated rings. The second kappa shape index (κ2) is 9.88. The summed E-state index contributed by atoms with van der Waals surface area (Å²) in [6.45, 7) is 0.372. The number of aromatic amines is 1. The van der Waals surface area contributed by atoms with Crippen molar-refractivity contribution in [3.8, 4) is 0 Å². The highest BCUT2D eigenvalue weighted by molar-refractivity contribution is 5.95. The van der Waals surface area contributed by atoms with Crippen molar-refractivity contribution in [1.82, 2.24) is 15.3 Å². The average molecular weight is 482 g/mol. The van der Waals surface area contributed by atoms with Crippen molar-refractivity contribution in [3.63, 3.8) is 0 Å². The summed E-state index contributed by atoms with van der Waals surface area (Å²) in [6.07, 6.45) is -2.82. The van der Waals surface area contributed by atoms with Crippen LogP contribution in [-0.4, -0.2) is 29.0 Å². The maximum absolute atomic E-state index is 12.9. The maximum atomic E-state index is 12.9. The van der Waals surface area contributed by atoms with E-state index in [9.17, 15) is 22.8 Å². The van der Waals surface area contributed by atoms with Crippen LogP contribution in [0.5, 0.6) is 0 Å². The van der Waals surface area contributed by atoms with Gasteiger partial charge in [-0.05, 0) is 47.5 Å². The van der Waals surface area contributed by atoms with Crippen molar-refractivity contribution < 1.29 is 27.5 Å². The number of pyridine rings is 1. The predicted molar refractivity (Wildman–Crippen MR) is 124 cm³/mol. The number of fused-ring (bicyclic) bond motifs is 1. The van der Waals surface area contributed by atoms with Crippen molar-refractivity contribution >= 4 is 28.6 Å². The van der Waals surface area contributed by atoms with E-state index in [1.54, 1.807) is 30.5 Å². The Morgan fingerprint density at radius 3 is 2.49 bits per heavy atom. The second-order valence-electron chi connectivity index (χ2n) is 7.77. The number of rotatable bonds is 7. The smallest absolute Gasteiger partial charge is 0.416 e. The van der Waals surface area contributed by atoms with E-state index in [1.165, 1.54) is 19.2 Å². The molecule has 0 bridgehead atoms. The number of ether oxygens (including phenoxy) is 1. The summed E-state index contributed by atoms with van der Waals surface area (Å²) >= 11 is 0. The van der Waals surface area contributed by atoms with Crippen molar-refractivity contribution in [2.45, 2.75) is 19.3 Å². The van der Waals surface area contributed by atoms with Gasteiger partial charge in [0.15, 0.2) is 0 Å². The molecule has 0 aliphatic heterocycles. The molecule has 0 aliphatic rings. The van der Waals surface area contributed by atoms with Crippen LogP contribution in [0.25, 0.3) is 11.0 Å². The molecule has 2 heterocycles. The molecule has 10 heteroatoms. The van der Waals surface area contributed by atoms with E-state index in [4.69, 9.17) is 4.74 Å². The van der Waals surface area contributed by atoms with Crippen LogP contribution in [0.4, 0.5) is 18.9 Å². The Hall–Kier alpha value is -4.34. The second-order valence-corrected chi connectivity index (χ2v) is 7.77. The van der Waals surface area contributed by atoms with Crippen LogP contribution < -0.4 is 10.6 Å². The largest absolute Gasteiger partial charge is 0.464 e. The molecule has 0 aliphatic carbocycles. The van der Waals surface area contributed by atoms with Crippen LogP contribution in [0.3, 0.4) is 0 Å². The molecule has 7 nitrogen and oxygen atoms in total. The summed E-state index contributed by atoms with van der Waals surface area (Å²) in [6, 6.07) is 15.2. The van der Waals surface area contributed by atoms with E-state index in [-0.39, 0.29) is 6.54 Å². The van der Waals surface area contributed by atoms with Gasteiger partial charge in [0.25, 0.3) is 5.91 Å². The Morgan fingerprint density at radius 1 is 1.00 bits per heavy atom. The summed E-state index contributed by atoms with van der Waals surface area (Å²) in [5.41, 5.74) is 2.37. The summed E-state index contributed by atoms with van der Waals surface area (Å²) in [7, 11) is 1.30. The fourth-order valence-corrected chi connectivity index (χ4v) is 3.50. The van der Waals surface area contributed by atoms with Gasteiger partial charge in [-0.1, -0.05) is 24.3 Å². The summed E-state index contributed by atoms with van der Waals surface area (Å²) < 4.78 is 43.3. The molecule has 0 saturated heterocycles. The monoisotopic (exact) mass is 482 g/mol. The van der Waals surface area contributed by atoms with Crippen LogP contribution in [0.1, 0.15) is 37.5 Å². The zero-order valence-corrected chi connectivity index (χ0v) is 18.6. The van der Waals surface area contributed by atoms with Gasteiger partial charge in [0.2, 0.25) is 0 Å². The molecule has 2 aromatic carbocycles. The third-order valence-electron chi connectivity index (χ3n) is 5.27. The molecule has 1 amide bonds. The summed E-state index contributed by atoms with van der Waals surface area (Å²) in [4.78, 5) is 31.4. The Kier molecular flexibility index (Phi) is 6.72. The number of H-pyrrole nitrogens is 1. The van der Waals surface area contributed by atoms with Crippen LogP contribution in [-0.2, 0) is 24.0 Å². The molecular weight excluding hydrogens is 461 g/mol. The first-order valence-corrected chi connectivity index (χ1v) is 10.6. The molecule has 3 N–H and O–H groups in total. The topological polar surface area (TPSA) is 96.1 Å². The van der Waals surface area contributed by atoms with E-state index in [2.05, 4.69) is 20.6 Å². The Bertz CT molecular complexity index is 1380. The molecule has 0 spiro atoms. The summed E-state index contributed by atoms with van der Waals surface area (Å²) in [5.74, 6) is -0.879. The lowest BCUT2D eigenvalue weighted by Crippen LogP contribution is -2.23. The van der Waals surface area contributed by atoms with Gasteiger partial charge in [-0.3, -0.25) is 4.79 Å². The first kappa shape index (κ1) is 23.8. The summed E-state index contributed by atoms with van der Waals surface area (Å²) in [5, 5.41) is 6.61. The van der Waals surface area contributed by atoms with E-state index < -0.39 is 23.6 Å². The minimum Gasteiger partial charge on any atom is -0.464 e. The van der Waals surface area contributed by atoms with E-state index in [0.29, 0.717) is 34.7 Å². The zero-order valence-electron chi connectivity index (χ0n) is 18.6. The lowest BCUT2D eigenvalue weighted by molar-refractivity contribution is -0.137. The molecule has 0 atom stereocenters. The van der Waals surface area contributed by atoms with Gasteiger partial charge in [-0.25, -0.2) is 9.78 Å². The fourth-order valence-electron chi connectivity index (χ4n) is 3.50. The first-order valence-electron chi connectivity index (χ1n) is 10.6. The van der Waals surface area contributed by atoms with E-state index in [0.717, 1.165) is 23.1 Å². The SMILES string of the molecule is COC(=O)c1cc2cc(NCc3cccc(C(=O)NCc4cccc(C(F)(F)F)c4)c3)cnc2[nH]1. The van der Waals surface area contributed by atoms with Gasteiger partial charge in [0.05, 0.1) is 24.6 Å². The molecule has 2 aromatic heterocycles. The van der Waals surface area contributed by atoms with Crippen LogP contribution in [0, 0.1) is 0 Å². The number of carbonyl (C=O) groups excluding carboxylic acids is 2. The standard InChI is InChI=1S/C25H21F3N4O3/c1-35-24(34)21-11-18-10-20(14-30-22(18)32-21)29-12-15-4-2-6-17(8-15)23(33)31-13-16-5-3-7-19(9-16)25(26,27)28/h2-11,14,29H,12-13H2,1H3,(H,30,32)(H,31,33). The number of aromatic nitrogens is 2. The molecule has 35 heavy (non-hydrogen) atoms. The molecule has 180 valence electrons. The highest BCUT2D eigenvalue weighted by atomic mass is 19.4. The van der Waals surface area contributed by atoms with Crippen LogP contribution in [0.2, 0.25) is 0 Å². The Balaban J connectivity index is 1.38. The number of hydrogen-bond acceptors (Lipinski definition) is 5. The molecule has 4 aromatic rings. The molecular formula is C25H21F3N4O3. The van der Waals surface area contributed by atoms with Gasteiger partial charge in [-0.15, -0.1) is 0 Å². The lowest BCUT2D eigenvalue weighted by atomic mass is 10.1. The minimum atomic E-state index is -4.44. The van der Waals surface area contributed by atoms with Crippen molar-refractivity contribution in [3.05, 3.63) is 94.8 Å². The minimum absolute atomic E-state index is 0.0266. The van der Waals surface area contributed by atoms with E-state index in [1.807, 2.05) is 12.1 Å². The highest BCUT2D eigenvalue weighted by Gasteiger charge is 2.30. The number of nitrogens with one attached hydrogen (secondary N) is 3. The number of halogens is 3. The number of hydrogen-bond donors (Lipinski definition) is 3. The molecule has 0 unspecified atom stereocenters. The number of alkyl halides is 3. The third kappa shape index (κ3) is 5.78. The number of amides is 1. The van der Waals surface area contributed by atoms with Gasteiger partial charge >= 0.3 is 12.1 Å². The Labute approximate surface area is 198 Å². The number of esters is 1. The van der Waals surface area contributed by atoms with Gasteiger partial charge < -0.3 is 20.4 Å². The van der Waals surface area contributed by atoms with Crippen molar-refractivity contribution in [2.75, 3.05) is 12.4 Å². The van der Waals surface area contributed by atoms with Gasteiger partial charge in [0, 0.05) is 24.0 Å². The van der Waals surface area contributed by atoms with Gasteiger partial charge in [-0.2, -0.15) is 13.2 Å². The predicted octanol–water partition coefficient (Wildman–Crippen LogP) is 4.91. The van der Waals surface area contributed by atoms with Crippen LogP contribution in [0.15, 0.2) is 66.9 Å².